The predicted molar refractivity (Wildman–Crippen MR) is 77.4 cm³/mol. The molecule has 0 unspecified atom stereocenters. The number of hydrogen-bond acceptors (Lipinski definition) is 3. The predicted octanol–water partition coefficient (Wildman–Crippen LogP) is 4.41. The van der Waals surface area contributed by atoms with Crippen LogP contribution in [-0.4, -0.2) is 0 Å². The van der Waals surface area contributed by atoms with Crippen LogP contribution in [0, 0.1) is 11.3 Å². The summed E-state index contributed by atoms with van der Waals surface area (Å²) in [6.07, 6.45) is 0. The van der Waals surface area contributed by atoms with Gasteiger partial charge in [0.05, 0.1) is 21.3 Å². The number of rotatable bonds is 2. The summed E-state index contributed by atoms with van der Waals surface area (Å²) in [4.78, 5) is 0.797. The van der Waals surface area contributed by atoms with Crippen molar-refractivity contribution in [2.75, 3.05) is 0 Å². The molecule has 2 aromatic rings. The van der Waals surface area contributed by atoms with E-state index in [9.17, 15) is 5.26 Å². The van der Waals surface area contributed by atoms with Crippen LogP contribution >= 0.6 is 34.5 Å². The average molecular weight is 295 g/mol. The summed E-state index contributed by atoms with van der Waals surface area (Å²) in [5.41, 5.74) is 7.23. The van der Waals surface area contributed by atoms with Crippen LogP contribution in [0.25, 0.3) is 11.3 Å². The molecular formula is C13H8Cl2N2S. The van der Waals surface area contributed by atoms with Gasteiger partial charge in [0.1, 0.15) is 6.07 Å². The van der Waals surface area contributed by atoms with Gasteiger partial charge in [0.25, 0.3) is 0 Å². The van der Waals surface area contributed by atoms with Gasteiger partial charge in [0, 0.05) is 10.4 Å². The molecule has 18 heavy (non-hydrogen) atoms. The lowest BCUT2D eigenvalue weighted by Crippen LogP contribution is -2.01. The maximum absolute atomic E-state index is 9.24. The Morgan fingerprint density at radius 3 is 2.33 bits per heavy atom. The molecule has 1 aromatic carbocycles. The topological polar surface area (TPSA) is 49.8 Å². The smallest absolute Gasteiger partial charge is 0.103 e. The summed E-state index contributed by atoms with van der Waals surface area (Å²) in [5, 5.41) is 12.0. The molecule has 0 radical (unpaired) electrons. The molecule has 0 bridgehead atoms. The number of thiophene rings is 1. The maximum atomic E-state index is 9.24. The Morgan fingerprint density at radius 1 is 1.17 bits per heavy atom. The summed E-state index contributed by atoms with van der Waals surface area (Å²) >= 11 is 13.6. The number of halogens is 2. The second kappa shape index (κ2) is 5.45. The van der Waals surface area contributed by atoms with Crippen molar-refractivity contribution in [3.63, 3.8) is 0 Å². The van der Waals surface area contributed by atoms with Crippen LogP contribution in [0.3, 0.4) is 0 Å². The third kappa shape index (κ3) is 2.37. The van der Waals surface area contributed by atoms with E-state index < -0.39 is 0 Å². The van der Waals surface area contributed by atoms with E-state index in [2.05, 4.69) is 6.07 Å². The average Bonchev–Trinajstić information content (AvgIpc) is 2.83. The van der Waals surface area contributed by atoms with Gasteiger partial charge in [-0.25, -0.2) is 0 Å². The van der Waals surface area contributed by atoms with E-state index in [0.717, 1.165) is 4.88 Å². The van der Waals surface area contributed by atoms with E-state index in [-0.39, 0.29) is 0 Å². The zero-order valence-electron chi connectivity index (χ0n) is 9.15. The van der Waals surface area contributed by atoms with Crippen molar-refractivity contribution in [3.05, 3.63) is 56.2 Å². The molecule has 2 nitrogen and oxygen atoms in total. The van der Waals surface area contributed by atoms with E-state index in [1.807, 2.05) is 17.5 Å². The van der Waals surface area contributed by atoms with Crippen LogP contribution in [0.1, 0.15) is 10.4 Å². The molecule has 2 N–H and O–H groups in total. The van der Waals surface area contributed by atoms with Gasteiger partial charge in [-0.3, -0.25) is 0 Å². The quantitative estimate of drug-likeness (QED) is 0.834. The van der Waals surface area contributed by atoms with Crippen molar-refractivity contribution in [1.29, 1.82) is 5.26 Å². The lowest BCUT2D eigenvalue weighted by Gasteiger charge is -2.08. The minimum absolute atomic E-state index is 0.301. The van der Waals surface area contributed by atoms with Crippen LogP contribution < -0.4 is 5.73 Å². The van der Waals surface area contributed by atoms with Crippen molar-refractivity contribution in [1.82, 2.24) is 0 Å². The molecule has 0 fully saturated rings. The fraction of sp³-hybridized carbons (Fsp3) is 0. The fourth-order valence-electron chi connectivity index (χ4n) is 1.55. The van der Waals surface area contributed by atoms with E-state index >= 15 is 0 Å². The minimum Gasteiger partial charge on any atom is -0.397 e. The first-order valence-electron chi connectivity index (χ1n) is 5.03. The van der Waals surface area contributed by atoms with Crippen molar-refractivity contribution in [2.45, 2.75) is 0 Å². The lowest BCUT2D eigenvalue weighted by molar-refractivity contribution is 1.49. The Bertz CT molecular complexity index is 619. The first-order valence-corrected chi connectivity index (χ1v) is 6.67. The Morgan fingerprint density at radius 2 is 1.83 bits per heavy atom. The van der Waals surface area contributed by atoms with Gasteiger partial charge in [-0.15, -0.1) is 11.3 Å². The molecule has 0 atom stereocenters. The summed E-state index contributed by atoms with van der Waals surface area (Å²) < 4.78 is 0. The van der Waals surface area contributed by atoms with Crippen molar-refractivity contribution >= 4 is 45.8 Å². The highest BCUT2D eigenvalue weighted by atomic mass is 35.5. The fourth-order valence-corrected chi connectivity index (χ4v) is 2.88. The van der Waals surface area contributed by atoms with Gasteiger partial charge in [0.15, 0.2) is 0 Å². The van der Waals surface area contributed by atoms with E-state index in [4.69, 9.17) is 28.9 Å². The summed E-state index contributed by atoms with van der Waals surface area (Å²) in [5.74, 6) is 0. The molecule has 0 aliphatic rings. The van der Waals surface area contributed by atoms with Crippen molar-refractivity contribution in [2.24, 2.45) is 5.73 Å². The summed E-state index contributed by atoms with van der Waals surface area (Å²) in [6, 6.07) is 10.9. The normalized spacial score (nSPS) is 11.8. The molecule has 0 aliphatic heterocycles. The zero-order chi connectivity index (χ0) is 13.1. The largest absolute Gasteiger partial charge is 0.397 e. The van der Waals surface area contributed by atoms with Gasteiger partial charge >= 0.3 is 0 Å². The van der Waals surface area contributed by atoms with Gasteiger partial charge in [-0.05, 0) is 23.6 Å². The minimum atomic E-state index is 0.301. The first-order chi connectivity index (χ1) is 8.65. The Hall–Kier alpha value is -1.47. The zero-order valence-corrected chi connectivity index (χ0v) is 11.5. The van der Waals surface area contributed by atoms with Gasteiger partial charge in [0.2, 0.25) is 0 Å². The third-order valence-corrected chi connectivity index (χ3v) is 3.90. The van der Waals surface area contributed by atoms with Crippen LogP contribution in [0.4, 0.5) is 0 Å². The molecule has 0 saturated carbocycles. The van der Waals surface area contributed by atoms with E-state index in [0.29, 0.717) is 26.9 Å². The highest BCUT2D eigenvalue weighted by molar-refractivity contribution is 7.11. The van der Waals surface area contributed by atoms with Crippen LogP contribution in [0.2, 0.25) is 10.0 Å². The number of allylic oxidation sites excluding steroid dienone is 1. The number of nitrogens with zero attached hydrogens (tertiary/aromatic N) is 1. The van der Waals surface area contributed by atoms with Gasteiger partial charge in [-0.2, -0.15) is 5.26 Å². The second-order valence-corrected chi connectivity index (χ2v) is 5.24. The summed E-state index contributed by atoms with van der Waals surface area (Å²) in [6.45, 7) is 0. The number of hydrogen-bond donors (Lipinski definition) is 1. The van der Waals surface area contributed by atoms with Gasteiger partial charge < -0.3 is 5.73 Å². The first kappa shape index (κ1) is 13.0. The SMILES string of the molecule is N#C/C(=C(/N)c1c(Cl)cccc1Cl)c1cccs1. The number of nitriles is 1. The highest BCUT2D eigenvalue weighted by Crippen LogP contribution is 2.33. The molecule has 1 heterocycles. The Kier molecular flexibility index (Phi) is 3.93. The molecule has 0 spiro atoms. The third-order valence-electron chi connectivity index (χ3n) is 2.38. The molecule has 0 amide bonds. The van der Waals surface area contributed by atoms with Crippen molar-refractivity contribution < 1.29 is 0 Å². The lowest BCUT2D eigenvalue weighted by atomic mass is 10.1. The van der Waals surface area contributed by atoms with E-state index in [1.54, 1.807) is 18.2 Å². The Balaban J connectivity index is 2.66. The van der Waals surface area contributed by atoms with Crippen molar-refractivity contribution in [3.8, 4) is 6.07 Å². The number of nitrogens with two attached hydrogens (primary N) is 1. The molecule has 0 saturated heterocycles. The van der Waals surface area contributed by atoms with E-state index in [1.165, 1.54) is 11.3 Å². The van der Waals surface area contributed by atoms with Crippen LogP contribution in [0.15, 0.2) is 35.7 Å². The second-order valence-electron chi connectivity index (χ2n) is 3.47. The monoisotopic (exact) mass is 294 g/mol. The molecule has 1 aromatic heterocycles. The maximum Gasteiger partial charge on any atom is 0.103 e. The molecule has 5 heteroatoms. The van der Waals surface area contributed by atoms with Crippen LogP contribution in [-0.2, 0) is 0 Å². The molecular weight excluding hydrogens is 287 g/mol. The molecule has 90 valence electrons. The van der Waals surface area contributed by atoms with Gasteiger partial charge in [-0.1, -0.05) is 35.3 Å². The molecule has 2 rings (SSSR count). The molecule has 0 aliphatic carbocycles. The standard InChI is InChI=1S/C13H8Cl2N2S/c14-9-3-1-4-10(15)12(9)13(17)8(7-16)11-5-2-6-18-11/h1-6H,17H2/b13-8-. The highest BCUT2D eigenvalue weighted by Gasteiger charge is 2.14. The summed E-state index contributed by atoms with van der Waals surface area (Å²) in [7, 11) is 0. The van der Waals surface area contributed by atoms with Crippen LogP contribution in [0.5, 0.6) is 0 Å². The Labute approximate surface area is 119 Å². The number of benzene rings is 1.